The number of carboxylic acid groups (broad SMARTS) is 1. The van der Waals surface area contributed by atoms with Crippen molar-refractivity contribution >= 4 is 17.6 Å². The van der Waals surface area contributed by atoms with E-state index in [1.54, 1.807) is 0 Å². The molecule has 4 rings (SSSR count). The first-order valence-corrected chi connectivity index (χ1v) is 15.8. The van der Waals surface area contributed by atoms with E-state index in [0.717, 1.165) is 35.1 Å². The topological polar surface area (TPSA) is 129 Å². The minimum atomic E-state index is -0.788. The molecule has 9 nitrogen and oxygen atoms in total. The lowest BCUT2D eigenvalue weighted by atomic mass is 9.98. The number of carboxylic acids is 1. The molecule has 0 bridgehead atoms. The SMILES string of the molecule is C[C@@H]([C@H](O)c1ccccc1)N(C)C[C@@H]1C[C@H](c2ccc(CO)cc2)O[C@H](c2ccc(NC(=O)CCCCCCC(=O)O)cc2)O1. The zero-order valence-electron chi connectivity index (χ0n) is 26.2. The first-order valence-electron chi connectivity index (χ1n) is 15.8. The van der Waals surface area contributed by atoms with E-state index in [0.29, 0.717) is 37.9 Å². The maximum atomic E-state index is 12.4. The smallest absolute Gasteiger partial charge is 0.303 e. The van der Waals surface area contributed by atoms with Gasteiger partial charge < -0.3 is 30.1 Å². The predicted octanol–water partition coefficient (Wildman–Crippen LogP) is 6.14. The lowest BCUT2D eigenvalue weighted by Crippen LogP contribution is -2.43. The highest BCUT2D eigenvalue weighted by Crippen LogP contribution is 2.38. The van der Waals surface area contributed by atoms with Crippen LogP contribution in [-0.4, -0.2) is 57.8 Å². The highest BCUT2D eigenvalue weighted by Gasteiger charge is 2.34. The second-order valence-electron chi connectivity index (χ2n) is 11.9. The summed E-state index contributed by atoms with van der Waals surface area (Å²) in [5.74, 6) is -0.865. The molecule has 1 saturated heterocycles. The Hall–Kier alpha value is -3.60. The number of nitrogens with one attached hydrogen (secondary N) is 1. The molecule has 0 radical (unpaired) electrons. The molecule has 3 aromatic rings. The Morgan fingerprint density at radius 3 is 2.18 bits per heavy atom. The Balaban J connectivity index is 1.39. The van der Waals surface area contributed by atoms with Gasteiger partial charge in [0.25, 0.3) is 0 Å². The van der Waals surface area contributed by atoms with Crippen LogP contribution in [0, 0.1) is 0 Å². The number of likely N-dealkylation sites (N-methyl/N-ethyl adjacent to an activating group) is 1. The van der Waals surface area contributed by atoms with Crippen LogP contribution in [0.2, 0.25) is 0 Å². The summed E-state index contributed by atoms with van der Waals surface area (Å²) in [7, 11) is 1.99. The second kappa shape index (κ2) is 17.2. The molecular weight excluding hydrogens is 572 g/mol. The first kappa shape index (κ1) is 34.3. The number of carbonyl (C=O) groups excluding carboxylic acids is 1. The number of hydrogen-bond donors (Lipinski definition) is 4. The molecule has 3 aromatic carbocycles. The molecule has 0 spiro atoms. The van der Waals surface area contributed by atoms with Crippen LogP contribution in [-0.2, 0) is 25.7 Å². The first-order chi connectivity index (χ1) is 21.7. The zero-order chi connectivity index (χ0) is 32.2. The van der Waals surface area contributed by atoms with Gasteiger partial charge in [-0.1, -0.05) is 79.6 Å². The van der Waals surface area contributed by atoms with Gasteiger partial charge >= 0.3 is 5.97 Å². The molecule has 1 aliphatic rings. The molecule has 4 N–H and O–H groups in total. The Morgan fingerprint density at radius 2 is 1.53 bits per heavy atom. The molecule has 0 aliphatic carbocycles. The van der Waals surface area contributed by atoms with Crippen LogP contribution in [0.15, 0.2) is 78.9 Å². The van der Waals surface area contributed by atoms with Crippen molar-refractivity contribution in [2.75, 3.05) is 18.9 Å². The van der Waals surface area contributed by atoms with Crippen LogP contribution in [0.3, 0.4) is 0 Å². The number of unbranched alkanes of at least 4 members (excludes halogenated alkanes) is 3. The van der Waals surface area contributed by atoms with Gasteiger partial charge in [-0.05, 0) is 55.6 Å². The lowest BCUT2D eigenvalue weighted by molar-refractivity contribution is -0.253. The standard InChI is InChI=1S/C36H46N2O7/c1-25(35(43)28-10-6-5-7-11-28)38(2)23-31-22-32(27-16-14-26(24-39)15-17-27)45-36(44-31)29-18-20-30(21-19-29)37-33(40)12-8-3-4-9-13-34(41)42/h5-7,10-11,14-21,25,31-32,35-36,39,43H,3-4,8-9,12-13,22-24H2,1-2H3,(H,37,40)(H,41,42)/t25-,31-,32+,35-,36+/m0/s1. The van der Waals surface area contributed by atoms with Crippen molar-refractivity contribution in [2.24, 2.45) is 0 Å². The molecule has 242 valence electrons. The monoisotopic (exact) mass is 618 g/mol. The number of aliphatic carboxylic acids is 1. The van der Waals surface area contributed by atoms with Gasteiger partial charge in [-0.25, -0.2) is 0 Å². The van der Waals surface area contributed by atoms with Crippen molar-refractivity contribution < 1.29 is 34.4 Å². The summed E-state index contributed by atoms with van der Waals surface area (Å²) in [5, 5.41) is 32.2. The average molecular weight is 619 g/mol. The summed E-state index contributed by atoms with van der Waals surface area (Å²) in [6.45, 7) is 2.56. The molecule has 0 aromatic heterocycles. The van der Waals surface area contributed by atoms with Gasteiger partial charge in [-0.2, -0.15) is 0 Å². The van der Waals surface area contributed by atoms with Gasteiger partial charge in [0, 0.05) is 43.1 Å². The molecule has 0 saturated carbocycles. The molecule has 0 unspecified atom stereocenters. The highest BCUT2D eigenvalue weighted by atomic mass is 16.7. The third-order valence-electron chi connectivity index (χ3n) is 8.41. The van der Waals surface area contributed by atoms with Crippen molar-refractivity contribution in [3.63, 3.8) is 0 Å². The molecule has 45 heavy (non-hydrogen) atoms. The van der Waals surface area contributed by atoms with Crippen molar-refractivity contribution in [2.45, 2.75) is 89.1 Å². The van der Waals surface area contributed by atoms with Gasteiger partial charge in [-0.15, -0.1) is 0 Å². The Bertz CT molecular complexity index is 1330. The fourth-order valence-corrected chi connectivity index (χ4v) is 5.55. The number of amides is 1. The molecule has 1 amide bonds. The van der Waals surface area contributed by atoms with Crippen LogP contribution in [0.4, 0.5) is 5.69 Å². The maximum absolute atomic E-state index is 12.4. The summed E-state index contributed by atoms with van der Waals surface area (Å²) < 4.78 is 13.0. The van der Waals surface area contributed by atoms with Gasteiger partial charge in [0.15, 0.2) is 6.29 Å². The minimum absolute atomic E-state index is 0.0255. The summed E-state index contributed by atoms with van der Waals surface area (Å²) in [6, 6.07) is 24.7. The van der Waals surface area contributed by atoms with Crippen molar-refractivity contribution in [1.29, 1.82) is 0 Å². The summed E-state index contributed by atoms with van der Waals surface area (Å²) >= 11 is 0. The number of carbonyl (C=O) groups is 2. The fourth-order valence-electron chi connectivity index (χ4n) is 5.55. The molecule has 1 fully saturated rings. The Morgan fingerprint density at radius 1 is 0.889 bits per heavy atom. The largest absolute Gasteiger partial charge is 0.481 e. The minimum Gasteiger partial charge on any atom is -0.481 e. The van der Waals surface area contributed by atoms with Crippen LogP contribution in [0.5, 0.6) is 0 Å². The average Bonchev–Trinajstić information content (AvgIpc) is 3.06. The number of ether oxygens (including phenoxy) is 2. The summed E-state index contributed by atoms with van der Waals surface area (Å²) in [4.78, 5) is 25.2. The van der Waals surface area contributed by atoms with E-state index in [-0.39, 0.29) is 37.2 Å². The van der Waals surface area contributed by atoms with E-state index < -0.39 is 18.4 Å². The predicted molar refractivity (Wildman–Crippen MR) is 172 cm³/mol. The van der Waals surface area contributed by atoms with E-state index in [1.807, 2.05) is 92.8 Å². The number of anilines is 1. The van der Waals surface area contributed by atoms with Gasteiger partial charge in [0.05, 0.1) is 24.9 Å². The van der Waals surface area contributed by atoms with Crippen molar-refractivity contribution in [3.8, 4) is 0 Å². The molecular formula is C36H46N2O7. The van der Waals surface area contributed by atoms with Gasteiger partial charge in [0.2, 0.25) is 5.91 Å². The number of aliphatic hydroxyl groups is 2. The quantitative estimate of drug-likeness (QED) is 0.141. The molecule has 1 heterocycles. The fraction of sp³-hybridized carbons (Fsp3) is 0.444. The van der Waals surface area contributed by atoms with E-state index in [2.05, 4.69) is 10.2 Å². The van der Waals surface area contributed by atoms with Crippen molar-refractivity contribution in [1.82, 2.24) is 4.90 Å². The summed E-state index contributed by atoms with van der Waals surface area (Å²) in [6.07, 6.45) is 2.43. The number of hydrogen-bond acceptors (Lipinski definition) is 7. The van der Waals surface area contributed by atoms with Crippen LogP contribution in [0.25, 0.3) is 0 Å². The van der Waals surface area contributed by atoms with E-state index in [4.69, 9.17) is 14.6 Å². The van der Waals surface area contributed by atoms with E-state index in [9.17, 15) is 19.8 Å². The highest BCUT2D eigenvalue weighted by molar-refractivity contribution is 5.90. The molecule has 9 heteroatoms. The summed E-state index contributed by atoms with van der Waals surface area (Å²) in [5.41, 5.74) is 4.21. The number of nitrogens with zero attached hydrogens (tertiary/aromatic N) is 1. The van der Waals surface area contributed by atoms with Gasteiger partial charge in [-0.3, -0.25) is 14.5 Å². The molecule has 5 atom stereocenters. The molecule has 1 aliphatic heterocycles. The third kappa shape index (κ3) is 10.5. The third-order valence-corrected chi connectivity index (χ3v) is 8.41. The van der Waals surface area contributed by atoms with Gasteiger partial charge in [0.1, 0.15) is 0 Å². The van der Waals surface area contributed by atoms with Crippen LogP contribution < -0.4 is 5.32 Å². The second-order valence-corrected chi connectivity index (χ2v) is 11.9. The van der Waals surface area contributed by atoms with E-state index >= 15 is 0 Å². The van der Waals surface area contributed by atoms with Crippen molar-refractivity contribution in [3.05, 3.63) is 101 Å². The zero-order valence-corrected chi connectivity index (χ0v) is 26.2. The lowest BCUT2D eigenvalue weighted by Gasteiger charge is -2.39. The number of rotatable bonds is 16. The van der Waals surface area contributed by atoms with Crippen LogP contribution >= 0.6 is 0 Å². The normalized spacial score (nSPS) is 19.6. The van der Waals surface area contributed by atoms with E-state index in [1.165, 1.54) is 0 Å². The Kier molecular flexibility index (Phi) is 13.1. The number of aliphatic hydroxyl groups excluding tert-OH is 2. The Labute approximate surface area is 265 Å². The van der Waals surface area contributed by atoms with Crippen LogP contribution in [0.1, 0.15) is 92.6 Å². The number of benzene rings is 3. The maximum Gasteiger partial charge on any atom is 0.303 e.